The van der Waals surface area contributed by atoms with E-state index in [2.05, 4.69) is 16.3 Å². The first kappa shape index (κ1) is 21.3. The van der Waals surface area contributed by atoms with E-state index in [1.165, 1.54) is 25.9 Å². The van der Waals surface area contributed by atoms with Crippen LogP contribution in [0.5, 0.6) is 11.5 Å². The molecule has 2 aliphatic rings. The van der Waals surface area contributed by atoms with E-state index in [9.17, 15) is 5.11 Å². The molecule has 1 aliphatic carbocycles. The number of methoxy groups -OCH3 is 1. The number of pyridine rings is 1. The van der Waals surface area contributed by atoms with Crippen molar-refractivity contribution in [3.05, 3.63) is 36.4 Å². The van der Waals surface area contributed by atoms with Gasteiger partial charge in [-0.1, -0.05) is 18.2 Å². The summed E-state index contributed by atoms with van der Waals surface area (Å²) < 4.78 is 11.9. The number of likely N-dealkylation sites (tertiary alicyclic amines) is 1. The van der Waals surface area contributed by atoms with Crippen LogP contribution in [0, 0.1) is 0 Å². The summed E-state index contributed by atoms with van der Waals surface area (Å²) in [5.41, 5.74) is 2.90. The van der Waals surface area contributed by atoms with Gasteiger partial charge in [0.2, 0.25) is 0 Å². The number of hydrogen-bond donors (Lipinski definition) is 2. The van der Waals surface area contributed by atoms with Crippen LogP contribution in [0.1, 0.15) is 38.5 Å². The Morgan fingerprint density at radius 2 is 1.91 bits per heavy atom. The Hall–Kier alpha value is -2.57. The minimum absolute atomic E-state index is 0.220. The molecular weight excluding hydrogens is 402 g/mol. The van der Waals surface area contributed by atoms with Gasteiger partial charge in [0.25, 0.3) is 0 Å². The van der Waals surface area contributed by atoms with Crippen LogP contribution in [0.2, 0.25) is 0 Å². The smallest absolute Gasteiger partial charge is 0.163 e. The lowest BCUT2D eigenvalue weighted by Crippen LogP contribution is -2.21. The van der Waals surface area contributed by atoms with E-state index in [1.807, 2.05) is 30.3 Å². The number of benzene rings is 2. The summed E-state index contributed by atoms with van der Waals surface area (Å²) in [7, 11) is 1.69. The van der Waals surface area contributed by atoms with Gasteiger partial charge in [-0.2, -0.15) is 0 Å². The van der Waals surface area contributed by atoms with Crippen LogP contribution >= 0.6 is 0 Å². The summed E-state index contributed by atoms with van der Waals surface area (Å²) in [6.45, 7) is 4.17. The Morgan fingerprint density at radius 3 is 2.69 bits per heavy atom. The predicted molar refractivity (Wildman–Crippen MR) is 129 cm³/mol. The summed E-state index contributed by atoms with van der Waals surface area (Å²) in [6.07, 6.45) is 5.99. The van der Waals surface area contributed by atoms with Crippen molar-refractivity contribution in [3.63, 3.8) is 0 Å². The Labute approximate surface area is 189 Å². The highest BCUT2D eigenvalue weighted by Gasteiger charge is 2.24. The van der Waals surface area contributed by atoms with Crippen LogP contribution in [-0.4, -0.2) is 60.5 Å². The number of ether oxygens (including phenoxy) is 2. The molecule has 0 bridgehead atoms. The highest BCUT2D eigenvalue weighted by atomic mass is 16.5. The third-order valence-corrected chi connectivity index (χ3v) is 6.79. The fourth-order valence-corrected chi connectivity index (χ4v) is 5.10. The van der Waals surface area contributed by atoms with E-state index in [0.29, 0.717) is 6.61 Å². The molecular formula is C26H33N3O3. The topological polar surface area (TPSA) is 66.8 Å². The van der Waals surface area contributed by atoms with Gasteiger partial charge >= 0.3 is 0 Å². The van der Waals surface area contributed by atoms with E-state index in [-0.39, 0.29) is 12.1 Å². The van der Waals surface area contributed by atoms with E-state index in [0.717, 1.165) is 71.2 Å². The molecule has 1 saturated carbocycles. The first-order valence-electron chi connectivity index (χ1n) is 11.9. The van der Waals surface area contributed by atoms with E-state index < -0.39 is 0 Å². The normalized spacial score (nSPS) is 21.4. The standard InChI is InChI=1S/C26H33N3O3/c1-31-24-16-21-23(17-25(24)32-14-6-13-29-11-4-5-12-29)28-22-8-3-2-7-20(22)26(21)27-18-9-10-19(30)15-18/h2-3,7-8,16-19,30H,4-6,9-15H2,1H3,(H,27,28)/t18-,19+/m1/s1. The van der Waals surface area contributed by atoms with Crippen molar-refractivity contribution in [2.24, 2.45) is 0 Å². The van der Waals surface area contributed by atoms with Gasteiger partial charge < -0.3 is 24.8 Å². The Kier molecular flexibility index (Phi) is 6.32. The summed E-state index contributed by atoms with van der Waals surface area (Å²) >= 11 is 0. The van der Waals surface area contributed by atoms with Crippen LogP contribution in [0.25, 0.3) is 21.8 Å². The lowest BCUT2D eigenvalue weighted by atomic mass is 10.1. The first-order chi connectivity index (χ1) is 15.7. The van der Waals surface area contributed by atoms with Crippen LogP contribution in [-0.2, 0) is 0 Å². The summed E-state index contributed by atoms with van der Waals surface area (Å²) in [5.74, 6) is 1.47. The highest BCUT2D eigenvalue weighted by Crippen LogP contribution is 2.39. The third kappa shape index (κ3) is 4.48. The number of fused-ring (bicyclic) bond motifs is 2. The number of nitrogens with one attached hydrogen (secondary N) is 1. The fraction of sp³-hybridized carbons (Fsp3) is 0.500. The van der Waals surface area contributed by atoms with Gasteiger partial charge in [-0.25, -0.2) is 4.98 Å². The molecule has 6 heteroatoms. The Balaban J connectivity index is 1.44. The number of para-hydroxylation sites is 1. The van der Waals surface area contributed by atoms with Gasteiger partial charge in [0.1, 0.15) is 0 Å². The molecule has 3 aromatic rings. The Bertz CT molecular complexity index is 1080. The maximum Gasteiger partial charge on any atom is 0.163 e. The predicted octanol–water partition coefficient (Wildman–Crippen LogP) is 4.59. The van der Waals surface area contributed by atoms with Crippen molar-refractivity contribution < 1.29 is 14.6 Å². The van der Waals surface area contributed by atoms with Crippen LogP contribution in [0.15, 0.2) is 36.4 Å². The van der Waals surface area contributed by atoms with Gasteiger partial charge in [-0.15, -0.1) is 0 Å². The minimum Gasteiger partial charge on any atom is -0.493 e. The second kappa shape index (κ2) is 9.51. The highest BCUT2D eigenvalue weighted by molar-refractivity contribution is 6.08. The van der Waals surface area contributed by atoms with Gasteiger partial charge in [0, 0.05) is 29.4 Å². The number of nitrogens with zero attached hydrogens (tertiary/aromatic N) is 2. The first-order valence-corrected chi connectivity index (χ1v) is 11.9. The summed E-state index contributed by atoms with van der Waals surface area (Å²) in [6, 6.07) is 12.5. The summed E-state index contributed by atoms with van der Waals surface area (Å²) in [5, 5.41) is 15.8. The zero-order chi connectivity index (χ0) is 21.9. The molecule has 0 radical (unpaired) electrons. The minimum atomic E-state index is -0.220. The molecule has 0 amide bonds. The molecule has 1 aliphatic heterocycles. The third-order valence-electron chi connectivity index (χ3n) is 6.79. The average Bonchev–Trinajstić information content (AvgIpc) is 3.47. The molecule has 170 valence electrons. The van der Waals surface area contributed by atoms with Crippen molar-refractivity contribution >= 4 is 27.5 Å². The second-order valence-electron chi connectivity index (χ2n) is 9.08. The van der Waals surface area contributed by atoms with Crippen LogP contribution in [0.4, 0.5) is 5.69 Å². The molecule has 32 heavy (non-hydrogen) atoms. The quantitative estimate of drug-likeness (QED) is 0.399. The zero-order valence-electron chi connectivity index (χ0n) is 18.8. The lowest BCUT2D eigenvalue weighted by molar-refractivity contribution is 0.182. The number of anilines is 1. The molecule has 2 atom stereocenters. The van der Waals surface area contributed by atoms with Gasteiger partial charge in [0.15, 0.2) is 11.5 Å². The molecule has 5 rings (SSSR count). The maximum atomic E-state index is 10.0. The molecule has 0 spiro atoms. The van der Waals surface area contributed by atoms with E-state index in [1.54, 1.807) is 7.11 Å². The molecule has 1 aromatic heterocycles. The number of aromatic nitrogens is 1. The van der Waals surface area contributed by atoms with Crippen molar-refractivity contribution in [3.8, 4) is 11.5 Å². The number of rotatable bonds is 8. The van der Waals surface area contributed by atoms with Crippen molar-refractivity contribution in [1.82, 2.24) is 9.88 Å². The maximum absolute atomic E-state index is 10.0. The van der Waals surface area contributed by atoms with Gasteiger partial charge in [0.05, 0.1) is 36.5 Å². The zero-order valence-corrected chi connectivity index (χ0v) is 18.8. The number of aliphatic hydroxyl groups excluding tert-OH is 1. The molecule has 0 unspecified atom stereocenters. The molecule has 2 heterocycles. The molecule has 2 N–H and O–H groups in total. The Morgan fingerprint density at radius 1 is 1.06 bits per heavy atom. The van der Waals surface area contributed by atoms with Crippen molar-refractivity contribution in [2.75, 3.05) is 38.7 Å². The number of aliphatic hydroxyl groups is 1. The molecule has 2 aromatic carbocycles. The van der Waals surface area contributed by atoms with E-state index in [4.69, 9.17) is 14.5 Å². The van der Waals surface area contributed by atoms with Crippen molar-refractivity contribution in [1.29, 1.82) is 0 Å². The number of hydrogen-bond acceptors (Lipinski definition) is 6. The van der Waals surface area contributed by atoms with Crippen LogP contribution < -0.4 is 14.8 Å². The largest absolute Gasteiger partial charge is 0.493 e. The average molecular weight is 436 g/mol. The molecule has 2 fully saturated rings. The van der Waals surface area contributed by atoms with Gasteiger partial charge in [-0.3, -0.25) is 0 Å². The van der Waals surface area contributed by atoms with Crippen molar-refractivity contribution in [2.45, 2.75) is 50.7 Å². The fourth-order valence-electron chi connectivity index (χ4n) is 5.10. The SMILES string of the molecule is COc1cc2c(N[C@@H]3CC[C@H](O)C3)c3ccccc3nc2cc1OCCCN1CCCC1. The van der Waals surface area contributed by atoms with E-state index >= 15 is 0 Å². The monoisotopic (exact) mass is 435 g/mol. The van der Waals surface area contributed by atoms with Gasteiger partial charge in [-0.05, 0) is 63.7 Å². The molecule has 1 saturated heterocycles. The second-order valence-corrected chi connectivity index (χ2v) is 9.08. The van der Waals surface area contributed by atoms with Crippen LogP contribution in [0.3, 0.4) is 0 Å². The summed E-state index contributed by atoms with van der Waals surface area (Å²) in [4.78, 5) is 7.43. The molecule has 6 nitrogen and oxygen atoms in total. The lowest BCUT2D eigenvalue weighted by Gasteiger charge is -2.20.